The highest BCUT2D eigenvalue weighted by atomic mass is 35.5. The minimum absolute atomic E-state index is 0.0866. The third kappa shape index (κ3) is 7.71. The number of hydrogen-bond acceptors (Lipinski definition) is 8. The van der Waals surface area contributed by atoms with Crippen LogP contribution in [0.4, 0.5) is 35.0 Å². The highest BCUT2D eigenvalue weighted by Crippen LogP contribution is 2.39. The molecular weight excluding hydrogens is 604 g/mol. The van der Waals surface area contributed by atoms with E-state index < -0.39 is 35.6 Å². The predicted octanol–water partition coefficient (Wildman–Crippen LogP) is 6.46. The van der Waals surface area contributed by atoms with Crippen molar-refractivity contribution in [2.24, 2.45) is 0 Å². The van der Waals surface area contributed by atoms with Crippen molar-refractivity contribution in [2.45, 2.75) is 38.5 Å². The molecule has 1 unspecified atom stereocenters. The van der Waals surface area contributed by atoms with E-state index in [1.54, 1.807) is 24.8 Å². The van der Waals surface area contributed by atoms with E-state index in [1.807, 2.05) is 0 Å². The van der Waals surface area contributed by atoms with Crippen molar-refractivity contribution in [1.29, 1.82) is 0 Å². The molecule has 0 aliphatic carbocycles. The summed E-state index contributed by atoms with van der Waals surface area (Å²) in [6.45, 7) is 3.79. The lowest BCUT2D eigenvalue weighted by Crippen LogP contribution is -2.41. The Morgan fingerprint density at radius 2 is 1.86 bits per heavy atom. The van der Waals surface area contributed by atoms with Gasteiger partial charge in [0.15, 0.2) is 0 Å². The van der Waals surface area contributed by atoms with Crippen LogP contribution in [0, 0.1) is 5.82 Å². The molecule has 4 rings (SSSR count). The van der Waals surface area contributed by atoms with Crippen molar-refractivity contribution in [3.05, 3.63) is 82.7 Å². The second-order valence-electron chi connectivity index (χ2n) is 9.98. The second kappa shape index (κ2) is 14.1. The van der Waals surface area contributed by atoms with Gasteiger partial charge < -0.3 is 25.0 Å². The van der Waals surface area contributed by atoms with Gasteiger partial charge in [-0.15, -0.1) is 0 Å². The minimum atomic E-state index is -4.53. The number of allylic oxidation sites excluding steroid dienone is 3. The Morgan fingerprint density at radius 3 is 2.50 bits per heavy atom. The zero-order valence-electron chi connectivity index (χ0n) is 24.4. The molecule has 9 nitrogen and oxygen atoms in total. The van der Waals surface area contributed by atoms with E-state index in [1.165, 1.54) is 51.0 Å². The van der Waals surface area contributed by atoms with Gasteiger partial charge in [-0.3, -0.25) is 9.78 Å². The van der Waals surface area contributed by atoms with Crippen LogP contribution < -0.4 is 15.5 Å². The van der Waals surface area contributed by atoms with Gasteiger partial charge in [0.2, 0.25) is 5.95 Å². The summed E-state index contributed by atoms with van der Waals surface area (Å²) >= 11 is 5.93. The van der Waals surface area contributed by atoms with Crippen LogP contribution in [0.1, 0.15) is 30.6 Å². The molecule has 0 saturated heterocycles. The number of benzene rings is 1. The molecule has 234 valence electrons. The smallest absolute Gasteiger partial charge is 0.382 e. The van der Waals surface area contributed by atoms with Gasteiger partial charge in [-0.05, 0) is 49.8 Å². The van der Waals surface area contributed by atoms with Crippen molar-refractivity contribution < 1.29 is 31.8 Å². The molecule has 0 fully saturated rings. The topological polar surface area (TPSA) is 102 Å². The first-order valence-electron chi connectivity index (χ1n) is 13.5. The molecular formula is C30H31ClF4N6O3. The van der Waals surface area contributed by atoms with E-state index in [2.05, 4.69) is 25.6 Å². The average Bonchev–Trinajstić information content (AvgIpc) is 2.98. The Labute approximate surface area is 257 Å². The number of methoxy groups -OCH3 is 2. The molecule has 44 heavy (non-hydrogen) atoms. The van der Waals surface area contributed by atoms with Crippen LogP contribution in [0.3, 0.4) is 0 Å². The van der Waals surface area contributed by atoms with Crippen LogP contribution in [0.5, 0.6) is 0 Å². The number of pyridine rings is 1. The van der Waals surface area contributed by atoms with Gasteiger partial charge in [0.05, 0.1) is 41.5 Å². The van der Waals surface area contributed by atoms with Crippen LogP contribution in [-0.4, -0.2) is 66.6 Å². The minimum Gasteiger partial charge on any atom is -0.382 e. The fourth-order valence-electron chi connectivity index (χ4n) is 4.72. The molecule has 0 radical (unpaired) electrons. The van der Waals surface area contributed by atoms with E-state index in [4.69, 9.17) is 21.1 Å². The molecule has 1 aliphatic heterocycles. The Hall–Kier alpha value is -4.07. The maximum absolute atomic E-state index is 13.7. The summed E-state index contributed by atoms with van der Waals surface area (Å²) in [5.74, 6) is -0.674. The number of hydrogen-bond donors (Lipinski definition) is 2. The zero-order valence-corrected chi connectivity index (χ0v) is 25.1. The lowest BCUT2D eigenvalue weighted by atomic mass is 9.99. The number of amides is 1. The third-order valence-electron chi connectivity index (χ3n) is 6.75. The highest BCUT2D eigenvalue weighted by molar-refractivity contribution is 6.31. The number of carbonyl (C=O) groups is 1. The molecule has 1 amide bonds. The number of ether oxygens (including phenoxy) is 2. The molecule has 1 atom stereocenters. The SMILES string of the molecule is CCC1C=C(C(F)(F)F)C=C(C)N1c1nc(Nc2ccc(F)c(Cl)c2)ncc1-c1cncc(C(=O)NC(COC)COC)c1. The maximum atomic E-state index is 13.7. The second-order valence-corrected chi connectivity index (χ2v) is 10.4. The Kier molecular flexibility index (Phi) is 10.6. The molecule has 0 saturated carbocycles. The molecule has 3 aromatic rings. The molecule has 3 heterocycles. The molecule has 2 aromatic heterocycles. The Balaban J connectivity index is 1.79. The van der Waals surface area contributed by atoms with Crippen molar-refractivity contribution in [2.75, 3.05) is 37.7 Å². The average molecular weight is 635 g/mol. The summed E-state index contributed by atoms with van der Waals surface area (Å²) in [4.78, 5) is 28.1. The van der Waals surface area contributed by atoms with Crippen molar-refractivity contribution in [1.82, 2.24) is 20.3 Å². The number of rotatable bonds is 11. The van der Waals surface area contributed by atoms with Gasteiger partial charge in [-0.2, -0.15) is 18.2 Å². The lowest BCUT2D eigenvalue weighted by molar-refractivity contribution is -0.0888. The van der Waals surface area contributed by atoms with Crippen LogP contribution >= 0.6 is 11.6 Å². The number of halogens is 5. The van der Waals surface area contributed by atoms with Crippen LogP contribution in [0.2, 0.25) is 5.02 Å². The van der Waals surface area contributed by atoms with Crippen LogP contribution in [0.15, 0.2) is 66.3 Å². The Morgan fingerprint density at radius 1 is 1.14 bits per heavy atom. The maximum Gasteiger partial charge on any atom is 0.416 e. The fourth-order valence-corrected chi connectivity index (χ4v) is 4.90. The van der Waals surface area contributed by atoms with Gasteiger partial charge in [0.1, 0.15) is 11.6 Å². The standard InChI is InChI=1S/C30H31ClF4N6O3/c1-5-23-10-20(30(33,34)35)8-17(2)41(23)27-24(14-37-29(40-27)39-21-6-7-26(32)25(31)11-21)18-9-19(13-36-12-18)28(42)38-22(15-43-3)16-44-4/h6-14,22-23H,5,15-16H2,1-4H3,(H,38,42)(H,37,39,40). The molecule has 1 aromatic carbocycles. The summed E-state index contributed by atoms with van der Waals surface area (Å²) in [7, 11) is 3.02. The Bertz CT molecular complexity index is 1560. The lowest BCUT2D eigenvalue weighted by Gasteiger charge is -2.36. The molecule has 1 aliphatic rings. The summed E-state index contributed by atoms with van der Waals surface area (Å²) < 4.78 is 65.1. The van der Waals surface area contributed by atoms with E-state index in [0.717, 1.165) is 12.2 Å². The van der Waals surface area contributed by atoms with E-state index in [9.17, 15) is 22.4 Å². The summed E-state index contributed by atoms with van der Waals surface area (Å²) in [6, 6.07) is 4.46. The van der Waals surface area contributed by atoms with E-state index >= 15 is 0 Å². The van der Waals surface area contributed by atoms with Gasteiger partial charge in [0.25, 0.3) is 5.91 Å². The molecule has 14 heteroatoms. The predicted molar refractivity (Wildman–Crippen MR) is 159 cm³/mol. The highest BCUT2D eigenvalue weighted by Gasteiger charge is 2.37. The number of nitrogens with zero attached hydrogens (tertiary/aromatic N) is 4. The van der Waals surface area contributed by atoms with Gasteiger partial charge in [-0.1, -0.05) is 18.5 Å². The van der Waals surface area contributed by atoms with Crippen LogP contribution in [-0.2, 0) is 9.47 Å². The monoisotopic (exact) mass is 634 g/mol. The van der Waals surface area contributed by atoms with Gasteiger partial charge in [0, 0.05) is 55.3 Å². The molecule has 0 bridgehead atoms. The van der Waals surface area contributed by atoms with Crippen molar-refractivity contribution in [3.63, 3.8) is 0 Å². The number of alkyl halides is 3. The van der Waals surface area contributed by atoms with Gasteiger partial charge >= 0.3 is 6.18 Å². The largest absolute Gasteiger partial charge is 0.416 e. The first-order valence-corrected chi connectivity index (χ1v) is 13.9. The number of aromatic nitrogens is 3. The number of anilines is 3. The van der Waals surface area contributed by atoms with Crippen LogP contribution in [0.25, 0.3) is 11.1 Å². The van der Waals surface area contributed by atoms with E-state index in [-0.39, 0.29) is 35.6 Å². The third-order valence-corrected chi connectivity index (χ3v) is 7.04. The van der Waals surface area contributed by atoms with Gasteiger partial charge in [-0.25, -0.2) is 9.37 Å². The molecule has 0 spiro atoms. The summed E-state index contributed by atoms with van der Waals surface area (Å²) in [5.41, 5.74) is 1.03. The number of nitrogens with one attached hydrogen (secondary N) is 2. The summed E-state index contributed by atoms with van der Waals surface area (Å²) in [5, 5.41) is 5.69. The van der Waals surface area contributed by atoms with Crippen molar-refractivity contribution >= 4 is 35.0 Å². The van der Waals surface area contributed by atoms with E-state index in [0.29, 0.717) is 28.9 Å². The normalized spacial score (nSPS) is 15.2. The first kappa shape index (κ1) is 32.8. The zero-order chi connectivity index (χ0) is 32.0. The fraction of sp³-hybridized carbons (Fsp3) is 0.333. The number of carbonyl (C=O) groups excluding carboxylic acids is 1. The quantitative estimate of drug-likeness (QED) is 0.232. The first-order chi connectivity index (χ1) is 20.9. The summed E-state index contributed by atoms with van der Waals surface area (Å²) in [6.07, 6.45) is 2.39. The molecule has 2 N–H and O–H groups in total. The van der Waals surface area contributed by atoms with Crippen molar-refractivity contribution in [3.8, 4) is 11.1 Å².